The van der Waals surface area contributed by atoms with Gasteiger partial charge in [0.15, 0.2) is 0 Å². The number of nitrogens with zero attached hydrogens (tertiary/aromatic N) is 1. The lowest BCUT2D eigenvalue weighted by atomic mass is 10.1. The summed E-state index contributed by atoms with van der Waals surface area (Å²) < 4.78 is 0. The van der Waals surface area contributed by atoms with Crippen LogP contribution >= 0.6 is 22.7 Å². The van der Waals surface area contributed by atoms with Crippen molar-refractivity contribution in [2.24, 2.45) is 0 Å². The summed E-state index contributed by atoms with van der Waals surface area (Å²) in [5.41, 5.74) is 3.06. The van der Waals surface area contributed by atoms with Gasteiger partial charge >= 0.3 is 0 Å². The molecule has 0 saturated heterocycles. The fourth-order valence-corrected chi connectivity index (χ4v) is 2.91. The molecule has 0 fully saturated rings. The molecule has 2 nitrogen and oxygen atoms in total. The van der Waals surface area contributed by atoms with Gasteiger partial charge in [-0.3, -0.25) is 0 Å². The second-order valence-corrected chi connectivity index (χ2v) is 5.06. The number of thiophene rings is 1. The first-order valence-corrected chi connectivity index (χ1v) is 6.86. The molecule has 2 aromatic heterocycles. The number of hydrogen-bond donors (Lipinski definition) is 1. The third kappa shape index (κ3) is 2.87. The van der Waals surface area contributed by atoms with E-state index in [1.54, 1.807) is 11.3 Å². The second kappa shape index (κ2) is 5.39. The lowest BCUT2D eigenvalue weighted by Gasteiger charge is -2.14. The zero-order valence-corrected chi connectivity index (χ0v) is 10.3. The number of likely N-dealkylation sites (N-methyl/N-ethyl adjacent to an activating group) is 1. The Morgan fingerprint density at radius 2 is 2.47 bits per heavy atom. The molecule has 0 radical (unpaired) electrons. The van der Waals surface area contributed by atoms with Crippen molar-refractivity contribution in [2.75, 3.05) is 6.54 Å². The van der Waals surface area contributed by atoms with Crippen LogP contribution in [-0.4, -0.2) is 11.5 Å². The van der Waals surface area contributed by atoms with Gasteiger partial charge in [-0.05, 0) is 18.0 Å². The maximum Gasteiger partial charge on any atom is 0.0795 e. The second-order valence-electron chi connectivity index (χ2n) is 3.31. The molecule has 0 aromatic carbocycles. The highest BCUT2D eigenvalue weighted by Crippen LogP contribution is 2.20. The third-order valence-electron chi connectivity index (χ3n) is 2.24. The Balaban J connectivity index is 2.07. The van der Waals surface area contributed by atoms with Crippen molar-refractivity contribution in [1.82, 2.24) is 10.3 Å². The van der Waals surface area contributed by atoms with Crippen LogP contribution in [-0.2, 0) is 6.42 Å². The molecule has 0 amide bonds. The third-order valence-corrected chi connectivity index (χ3v) is 3.75. The van der Waals surface area contributed by atoms with Crippen molar-refractivity contribution in [3.63, 3.8) is 0 Å². The summed E-state index contributed by atoms with van der Waals surface area (Å²) in [5.74, 6) is 0. The molecule has 0 saturated carbocycles. The fraction of sp³-hybridized carbons (Fsp3) is 0.364. The van der Waals surface area contributed by atoms with Crippen molar-refractivity contribution in [3.8, 4) is 0 Å². The largest absolute Gasteiger partial charge is 0.309 e. The summed E-state index contributed by atoms with van der Waals surface area (Å²) in [5, 5.41) is 7.72. The van der Waals surface area contributed by atoms with Gasteiger partial charge in [-0.15, -0.1) is 22.7 Å². The minimum Gasteiger partial charge on any atom is -0.309 e. The molecule has 15 heavy (non-hydrogen) atoms. The molecule has 1 atom stereocenters. The molecule has 1 unspecified atom stereocenters. The monoisotopic (exact) mass is 238 g/mol. The van der Waals surface area contributed by atoms with Crippen LogP contribution in [0, 0.1) is 0 Å². The first kappa shape index (κ1) is 10.8. The van der Waals surface area contributed by atoms with Crippen LogP contribution in [0.1, 0.15) is 23.5 Å². The summed E-state index contributed by atoms with van der Waals surface area (Å²) >= 11 is 3.47. The summed E-state index contributed by atoms with van der Waals surface area (Å²) in [6, 6.07) is 4.64. The van der Waals surface area contributed by atoms with Gasteiger partial charge in [-0.1, -0.05) is 13.0 Å². The van der Waals surface area contributed by atoms with Crippen molar-refractivity contribution < 1.29 is 0 Å². The van der Waals surface area contributed by atoms with Gasteiger partial charge in [-0.25, -0.2) is 4.98 Å². The molecule has 0 spiro atoms. The van der Waals surface area contributed by atoms with E-state index in [1.807, 2.05) is 16.8 Å². The molecule has 2 rings (SSSR count). The van der Waals surface area contributed by atoms with Crippen LogP contribution in [0.2, 0.25) is 0 Å². The van der Waals surface area contributed by atoms with E-state index < -0.39 is 0 Å². The zero-order valence-electron chi connectivity index (χ0n) is 8.64. The van der Waals surface area contributed by atoms with E-state index >= 15 is 0 Å². The Hall–Kier alpha value is -0.710. The van der Waals surface area contributed by atoms with Crippen LogP contribution in [0.15, 0.2) is 28.4 Å². The van der Waals surface area contributed by atoms with Crippen molar-refractivity contribution in [1.29, 1.82) is 0 Å². The average Bonchev–Trinajstić information content (AvgIpc) is 2.89. The van der Waals surface area contributed by atoms with Gasteiger partial charge in [0.25, 0.3) is 0 Å². The van der Waals surface area contributed by atoms with E-state index in [2.05, 4.69) is 40.1 Å². The van der Waals surface area contributed by atoms with E-state index in [9.17, 15) is 0 Å². The molecule has 2 heterocycles. The Morgan fingerprint density at radius 1 is 1.53 bits per heavy atom. The average molecular weight is 238 g/mol. The molecule has 4 heteroatoms. The quantitative estimate of drug-likeness (QED) is 0.866. The first-order chi connectivity index (χ1) is 7.40. The Morgan fingerprint density at radius 3 is 3.07 bits per heavy atom. The maximum absolute atomic E-state index is 4.38. The summed E-state index contributed by atoms with van der Waals surface area (Å²) in [6.07, 6.45) is 1.04. The first-order valence-electron chi connectivity index (χ1n) is 5.04. The van der Waals surface area contributed by atoms with Crippen LogP contribution in [0.4, 0.5) is 0 Å². The molecular weight excluding hydrogens is 224 g/mol. The van der Waals surface area contributed by atoms with Crippen molar-refractivity contribution >= 4 is 22.7 Å². The van der Waals surface area contributed by atoms with E-state index in [-0.39, 0.29) is 0 Å². The summed E-state index contributed by atoms with van der Waals surface area (Å²) in [7, 11) is 0. The Bertz CT molecular complexity index is 367. The molecule has 0 aliphatic carbocycles. The van der Waals surface area contributed by atoms with E-state index in [0.29, 0.717) is 6.04 Å². The molecule has 0 aliphatic heterocycles. The van der Waals surface area contributed by atoms with Gasteiger partial charge in [-0.2, -0.15) is 0 Å². The van der Waals surface area contributed by atoms with Crippen LogP contribution < -0.4 is 5.32 Å². The van der Waals surface area contributed by atoms with Crippen LogP contribution in [0.5, 0.6) is 0 Å². The van der Waals surface area contributed by atoms with E-state index in [0.717, 1.165) is 18.7 Å². The lowest BCUT2D eigenvalue weighted by molar-refractivity contribution is 0.542. The maximum atomic E-state index is 4.38. The molecule has 80 valence electrons. The zero-order chi connectivity index (χ0) is 10.5. The van der Waals surface area contributed by atoms with Gasteiger partial charge in [0.05, 0.1) is 17.2 Å². The van der Waals surface area contributed by atoms with Gasteiger partial charge in [0.1, 0.15) is 0 Å². The standard InChI is InChI=1S/C11H14N2S2/c1-2-12-10(11-7-14-8-13-11)6-9-4-3-5-15-9/h3-5,7-8,10,12H,2,6H2,1H3. The predicted molar refractivity (Wildman–Crippen MR) is 66.6 cm³/mol. The summed E-state index contributed by atoms with van der Waals surface area (Å²) in [4.78, 5) is 5.79. The smallest absolute Gasteiger partial charge is 0.0795 e. The minimum atomic E-state index is 0.361. The van der Waals surface area contributed by atoms with E-state index in [4.69, 9.17) is 0 Å². The molecule has 1 N–H and O–H groups in total. The van der Waals surface area contributed by atoms with Gasteiger partial charge in [0.2, 0.25) is 0 Å². The Labute approximate surface area is 98.0 Å². The van der Waals surface area contributed by atoms with Gasteiger partial charge < -0.3 is 5.32 Å². The number of rotatable bonds is 5. The highest BCUT2D eigenvalue weighted by molar-refractivity contribution is 7.09. The molecule has 2 aromatic rings. The van der Waals surface area contributed by atoms with Crippen molar-refractivity contribution in [3.05, 3.63) is 39.0 Å². The lowest BCUT2D eigenvalue weighted by Crippen LogP contribution is -2.22. The minimum absolute atomic E-state index is 0.361. The molecule has 0 bridgehead atoms. The topological polar surface area (TPSA) is 24.9 Å². The highest BCUT2D eigenvalue weighted by Gasteiger charge is 2.13. The number of nitrogens with one attached hydrogen (secondary N) is 1. The van der Waals surface area contributed by atoms with Gasteiger partial charge in [0, 0.05) is 16.7 Å². The number of thiazole rings is 1. The van der Waals surface area contributed by atoms with Crippen LogP contribution in [0.25, 0.3) is 0 Å². The van der Waals surface area contributed by atoms with Crippen LogP contribution in [0.3, 0.4) is 0 Å². The number of hydrogen-bond acceptors (Lipinski definition) is 4. The fourth-order valence-electron chi connectivity index (χ4n) is 1.55. The molecular formula is C11H14N2S2. The normalized spacial score (nSPS) is 12.9. The Kier molecular flexibility index (Phi) is 3.88. The summed E-state index contributed by atoms with van der Waals surface area (Å²) in [6.45, 7) is 3.11. The SMILES string of the molecule is CCNC(Cc1cccs1)c1cscn1. The predicted octanol–water partition coefficient (Wildman–Crippen LogP) is 3.10. The molecule has 0 aliphatic rings. The van der Waals surface area contributed by atoms with Crippen molar-refractivity contribution in [2.45, 2.75) is 19.4 Å². The van der Waals surface area contributed by atoms with E-state index in [1.165, 1.54) is 4.88 Å². The highest BCUT2D eigenvalue weighted by atomic mass is 32.1. The number of aromatic nitrogens is 1.